The van der Waals surface area contributed by atoms with Crippen LogP contribution in [-0.2, 0) is 11.3 Å². The Morgan fingerprint density at radius 3 is 3.05 bits per heavy atom. The van der Waals surface area contributed by atoms with Gasteiger partial charge < -0.3 is 13.7 Å². The smallest absolute Gasteiger partial charge is 0.178 e. The van der Waals surface area contributed by atoms with Crippen molar-refractivity contribution in [1.82, 2.24) is 14.5 Å². The van der Waals surface area contributed by atoms with Crippen LogP contribution in [0.3, 0.4) is 0 Å². The van der Waals surface area contributed by atoms with Crippen molar-refractivity contribution in [1.29, 1.82) is 0 Å². The summed E-state index contributed by atoms with van der Waals surface area (Å²) in [5.74, 6) is 3.05. The van der Waals surface area contributed by atoms with Gasteiger partial charge in [0.05, 0.1) is 6.61 Å². The topological polar surface area (TPSA) is 53.1 Å². The molecule has 3 aromatic heterocycles. The van der Waals surface area contributed by atoms with Crippen LogP contribution in [0.5, 0.6) is 0 Å². The average Bonchev–Trinajstić information content (AvgIpc) is 3.20. The lowest BCUT2D eigenvalue weighted by Gasteiger charge is -2.11. The second kappa shape index (κ2) is 5.00. The summed E-state index contributed by atoms with van der Waals surface area (Å²) < 4.78 is 13.4. The summed E-state index contributed by atoms with van der Waals surface area (Å²) in [6, 6.07) is 7.84. The molecule has 3 aromatic rings. The second-order valence-electron chi connectivity index (χ2n) is 5.53. The molecule has 1 saturated heterocycles. The molecule has 5 heteroatoms. The van der Waals surface area contributed by atoms with Crippen LogP contribution >= 0.6 is 0 Å². The Balaban J connectivity index is 1.84. The SMILES string of the molecule is Cc1ccc(-c2nc3cccnc3n2CC2CCOC2)o1. The van der Waals surface area contributed by atoms with E-state index in [-0.39, 0.29) is 0 Å². The highest BCUT2D eigenvalue weighted by Gasteiger charge is 2.22. The number of ether oxygens (including phenoxy) is 1. The van der Waals surface area contributed by atoms with Gasteiger partial charge in [0.1, 0.15) is 11.3 Å². The lowest BCUT2D eigenvalue weighted by atomic mass is 10.1. The van der Waals surface area contributed by atoms with Crippen molar-refractivity contribution < 1.29 is 9.15 Å². The van der Waals surface area contributed by atoms with Gasteiger partial charge in [0.25, 0.3) is 0 Å². The molecule has 0 spiro atoms. The van der Waals surface area contributed by atoms with Crippen molar-refractivity contribution in [3.05, 3.63) is 36.2 Å². The van der Waals surface area contributed by atoms with Gasteiger partial charge in [-0.3, -0.25) is 0 Å². The standard InChI is InChI=1S/C16H17N3O2/c1-11-4-5-14(21-11)16-18-13-3-2-7-17-15(13)19(16)9-12-6-8-20-10-12/h2-5,7,12H,6,8-10H2,1H3. The fourth-order valence-electron chi connectivity index (χ4n) is 2.86. The van der Waals surface area contributed by atoms with Crippen LogP contribution < -0.4 is 0 Å². The maximum atomic E-state index is 5.76. The van der Waals surface area contributed by atoms with Crippen molar-refractivity contribution in [2.45, 2.75) is 19.9 Å². The van der Waals surface area contributed by atoms with Crippen LogP contribution in [0.2, 0.25) is 0 Å². The number of rotatable bonds is 3. The molecule has 4 rings (SSSR count). The first-order chi connectivity index (χ1) is 10.3. The number of nitrogens with zero attached hydrogens (tertiary/aromatic N) is 3. The van der Waals surface area contributed by atoms with Crippen LogP contribution in [0.25, 0.3) is 22.7 Å². The predicted octanol–water partition coefficient (Wildman–Crippen LogP) is 3.04. The van der Waals surface area contributed by atoms with Crippen molar-refractivity contribution in [3.8, 4) is 11.6 Å². The minimum Gasteiger partial charge on any atom is -0.458 e. The molecule has 0 bridgehead atoms. The second-order valence-corrected chi connectivity index (χ2v) is 5.53. The fourth-order valence-corrected chi connectivity index (χ4v) is 2.86. The van der Waals surface area contributed by atoms with E-state index >= 15 is 0 Å². The molecule has 1 fully saturated rings. The molecule has 0 N–H and O–H groups in total. The lowest BCUT2D eigenvalue weighted by molar-refractivity contribution is 0.183. The Morgan fingerprint density at radius 2 is 2.29 bits per heavy atom. The Bertz CT molecular complexity index is 769. The van der Waals surface area contributed by atoms with E-state index in [4.69, 9.17) is 14.1 Å². The molecule has 4 heterocycles. The molecule has 0 aliphatic carbocycles. The van der Waals surface area contributed by atoms with E-state index in [1.165, 1.54) is 0 Å². The van der Waals surface area contributed by atoms with Crippen molar-refractivity contribution in [3.63, 3.8) is 0 Å². The number of fused-ring (bicyclic) bond motifs is 1. The van der Waals surface area contributed by atoms with Crippen LogP contribution in [0.1, 0.15) is 12.2 Å². The number of aryl methyl sites for hydroxylation is 1. The molecule has 0 radical (unpaired) electrons. The zero-order valence-electron chi connectivity index (χ0n) is 12.0. The molecule has 1 aliphatic heterocycles. The number of furan rings is 1. The van der Waals surface area contributed by atoms with Gasteiger partial charge in [0, 0.05) is 25.3 Å². The molecule has 1 unspecified atom stereocenters. The van der Waals surface area contributed by atoms with Crippen LogP contribution in [0.15, 0.2) is 34.9 Å². The van der Waals surface area contributed by atoms with E-state index in [2.05, 4.69) is 9.55 Å². The van der Waals surface area contributed by atoms with E-state index < -0.39 is 0 Å². The normalized spacial score (nSPS) is 18.6. The van der Waals surface area contributed by atoms with Gasteiger partial charge in [-0.25, -0.2) is 9.97 Å². The minimum atomic E-state index is 0.513. The van der Waals surface area contributed by atoms with Gasteiger partial charge in [-0.2, -0.15) is 0 Å². The van der Waals surface area contributed by atoms with Crippen molar-refractivity contribution >= 4 is 11.2 Å². The van der Waals surface area contributed by atoms with E-state index in [1.54, 1.807) is 0 Å². The molecule has 1 aliphatic rings. The van der Waals surface area contributed by atoms with Gasteiger partial charge in [-0.15, -0.1) is 0 Å². The molecule has 1 atom stereocenters. The van der Waals surface area contributed by atoms with Crippen molar-refractivity contribution in [2.24, 2.45) is 5.92 Å². The molecule has 21 heavy (non-hydrogen) atoms. The number of hydrogen-bond acceptors (Lipinski definition) is 4. The Kier molecular flexibility index (Phi) is 3.00. The first-order valence-electron chi connectivity index (χ1n) is 7.27. The fraction of sp³-hybridized carbons (Fsp3) is 0.375. The number of aromatic nitrogens is 3. The summed E-state index contributed by atoms with van der Waals surface area (Å²) in [7, 11) is 0. The zero-order valence-corrected chi connectivity index (χ0v) is 12.0. The third-order valence-corrected chi connectivity index (χ3v) is 3.93. The van der Waals surface area contributed by atoms with E-state index in [9.17, 15) is 0 Å². The highest BCUT2D eigenvalue weighted by molar-refractivity contribution is 5.75. The van der Waals surface area contributed by atoms with Crippen LogP contribution in [0.4, 0.5) is 0 Å². The molecule has 5 nitrogen and oxygen atoms in total. The van der Waals surface area contributed by atoms with E-state index in [1.807, 2.05) is 37.4 Å². The van der Waals surface area contributed by atoms with Gasteiger partial charge in [0.15, 0.2) is 17.2 Å². The van der Waals surface area contributed by atoms with Gasteiger partial charge in [-0.05, 0) is 37.6 Å². The molecule has 0 saturated carbocycles. The molecule has 0 amide bonds. The summed E-state index contributed by atoms with van der Waals surface area (Å²) >= 11 is 0. The Labute approximate surface area is 122 Å². The molecular formula is C16H17N3O2. The lowest BCUT2D eigenvalue weighted by Crippen LogP contribution is -2.12. The van der Waals surface area contributed by atoms with Gasteiger partial charge in [0.2, 0.25) is 0 Å². The molecular weight excluding hydrogens is 266 g/mol. The molecule has 0 aromatic carbocycles. The Morgan fingerprint density at radius 1 is 1.33 bits per heavy atom. The monoisotopic (exact) mass is 283 g/mol. The van der Waals surface area contributed by atoms with Gasteiger partial charge in [-0.1, -0.05) is 0 Å². The zero-order chi connectivity index (χ0) is 14.2. The summed E-state index contributed by atoms with van der Waals surface area (Å²) in [6.07, 6.45) is 2.89. The predicted molar refractivity (Wildman–Crippen MR) is 78.9 cm³/mol. The van der Waals surface area contributed by atoms with E-state index in [0.717, 1.165) is 54.7 Å². The van der Waals surface area contributed by atoms with Gasteiger partial charge >= 0.3 is 0 Å². The van der Waals surface area contributed by atoms with Crippen LogP contribution in [0, 0.1) is 12.8 Å². The van der Waals surface area contributed by atoms with Crippen molar-refractivity contribution in [2.75, 3.05) is 13.2 Å². The number of imidazole rings is 1. The quantitative estimate of drug-likeness (QED) is 0.741. The highest BCUT2D eigenvalue weighted by atomic mass is 16.5. The summed E-state index contributed by atoms with van der Waals surface area (Å²) in [5.41, 5.74) is 1.81. The highest BCUT2D eigenvalue weighted by Crippen LogP contribution is 2.27. The largest absolute Gasteiger partial charge is 0.458 e. The Hall–Kier alpha value is -2.14. The number of pyridine rings is 1. The molecule has 108 valence electrons. The first kappa shape index (κ1) is 12.6. The van der Waals surface area contributed by atoms with Crippen LogP contribution in [-0.4, -0.2) is 27.7 Å². The average molecular weight is 283 g/mol. The summed E-state index contributed by atoms with van der Waals surface area (Å²) in [6.45, 7) is 4.46. The third kappa shape index (κ3) is 2.23. The summed E-state index contributed by atoms with van der Waals surface area (Å²) in [5, 5.41) is 0. The maximum Gasteiger partial charge on any atom is 0.178 e. The van der Waals surface area contributed by atoms with E-state index in [0.29, 0.717) is 5.92 Å². The minimum absolute atomic E-state index is 0.513. The first-order valence-corrected chi connectivity index (χ1v) is 7.27. The maximum absolute atomic E-state index is 5.76. The number of hydrogen-bond donors (Lipinski definition) is 0. The third-order valence-electron chi connectivity index (χ3n) is 3.93. The summed E-state index contributed by atoms with van der Waals surface area (Å²) in [4.78, 5) is 9.20.